The number of hydrogen-bond acceptors (Lipinski definition) is 4. The van der Waals surface area contributed by atoms with Gasteiger partial charge in [0.15, 0.2) is 0 Å². The minimum Gasteiger partial charge on any atom is -0.393 e. The Balaban J connectivity index is 2.76. The number of hydrogen-bond donors (Lipinski definition) is 3. The number of primary amides is 1. The Kier molecular flexibility index (Phi) is 2.85. The third-order valence-corrected chi connectivity index (χ3v) is 2.56. The number of anilines is 1. The van der Waals surface area contributed by atoms with E-state index in [9.17, 15) is 9.59 Å². The number of aromatic nitrogens is 2. The van der Waals surface area contributed by atoms with Crippen LogP contribution in [0.5, 0.6) is 0 Å². The van der Waals surface area contributed by atoms with Crippen molar-refractivity contribution in [2.24, 2.45) is 5.73 Å². The molecule has 2 rings (SSSR count). The molecule has 2 aromatic rings. The van der Waals surface area contributed by atoms with Gasteiger partial charge in [-0.3, -0.25) is 9.59 Å². The van der Waals surface area contributed by atoms with Crippen molar-refractivity contribution in [3.63, 3.8) is 0 Å². The molecule has 0 aliphatic rings. The van der Waals surface area contributed by atoms with E-state index >= 15 is 0 Å². The second kappa shape index (κ2) is 4.33. The molecule has 0 radical (unpaired) electrons. The van der Waals surface area contributed by atoms with Crippen LogP contribution in [-0.4, -0.2) is 16.1 Å². The molecule has 1 amide bonds. The van der Waals surface area contributed by atoms with Crippen molar-refractivity contribution in [2.45, 2.75) is 6.92 Å². The lowest BCUT2D eigenvalue weighted by molar-refractivity contribution is 0.100. The molecule has 0 atom stereocenters. The fourth-order valence-corrected chi connectivity index (χ4v) is 1.71. The zero-order chi connectivity index (χ0) is 13.3. The van der Waals surface area contributed by atoms with E-state index in [1.54, 1.807) is 6.07 Å². The normalized spacial score (nSPS) is 10.3. The van der Waals surface area contributed by atoms with Gasteiger partial charge in [-0.05, 0) is 13.0 Å². The van der Waals surface area contributed by atoms with Crippen molar-refractivity contribution in [3.05, 3.63) is 45.7 Å². The number of carbonyl (C=O) groups excluding carboxylic acids is 1. The van der Waals surface area contributed by atoms with Crippen molar-refractivity contribution in [1.82, 2.24) is 10.2 Å². The number of benzene rings is 1. The third kappa shape index (κ3) is 1.95. The SMILES string of the molecule is Cc1cccc(-c2n[nH]c(=O)c(N)c2C(N)=O)c1. The highest BCUT2D eigenvalue weighted by atomic mass is 16.1. The molecule has 0 saturated heterocycles. The second-order valence-electron chi connectivity index (χ2n) is 3.92. The number of H-pyrrole nitrogens is 1. The molecule has 0 aliphatic carbocycles. The van der Waals surface area contributed by atoms with Crippen LogP contribution in [0.3, 0.4) is 0 Å². The number of carbonyl (C=O) groups is 1. The molecule has 0 bridgehead atoms. The van der Waals surface area contributed by atoms with E-state index in [0.29, 0.717) is 5.56 Å². The Labute approximate surface area is 103 Å². The minimum absolute atomic E-state index is 0.0515. The summed E-state index contributed by atoms with van der Waals surface area (Å²) in [6, 6.07) is 7.31. The van der Waals surface area contributed by atoms with Crippen molar-refractivity contribution < 1.29 is 4.79 Å². The molecule has 1 heterocycles. The Hall–Kier alpha value is -2.63. The number of nitrogens with two attached hydrogens (primary N) is 2. The first kappa shape index (κ1) is 11.8. The summed E-state index contributed by atoms with van der Waals surface area (Å²) in [6.07, 6.45) is 0. The van der Waals surface area contributed by atoms with Crippen LogP contribution >= 0.6 is 0 Å². The standard InChI is InChI=1S/C12H12N4O2/c1-6-3-2-4-7(5-6)10-8(11(14)17)9(13)12(18)16-15-10/h2-5H,1H3,(H2,13,15)(H2,14,17)(H,16,18). The van der Waals surface area contributed by atoms with E-state index in [-0.39, 0.29) is 16.9 Å². The number of amides is 1. The monoisotopic (exact) mass is 244 g/mol. The number of nitrogens with one attached hydrogen (secondary N) is 1. The van der Waals surface area contributed by atoms with Crippen LogP contribution in [0.25, 0.3) is 11.3 Å². The van der Waals surface area contributed by atoms with E-state index in [1.807, 2.05) is 25.1 Å². The molecule has 6 heteroatoms. The van der Waals surface area contributed by atoms with Crippen molar-refractivity contribution >= 4 is 11.6 Å². The topological polar surface area (TPSA) is 115 Å². The summed E-state index contributed by atoms with van der Waals surface area (Å²) in [5.41, 5.74) is 11.9. The zero-order valence-corrected chi connectivity index (χ0v) is 9.73. The number of nitrogens with zero attached hydrogens (tertiary/aromatic N) is 1. The maximum atomic E-state index is 11.4. The number of aromatic amines is 1. The van der Waals surface area contributed by atoms with Crippen molar-refractivity contribution in [2.75, 3.05) is 5.73 Å². The largest absolute Gasteiger partial charge is 0.393 e. The van der Waals surface area contributed by atoms with Gasteiger partial charge < -0.3 is 11.5 Å². The lowest BCUT2D eigenvalue weighted by atomic mass is 10.0. The predicted molar refractivity (Wildman–Crippen MR) is 68.0 cm³/mol. The van der Waals surface area contributed by atoms with E-state index < -0.39 is 11.5 Å². The summed E-state index contributed by atoms with van der Waals surface area (Å²) < 4.78 is 0. The van der Waals surface area contributed by atoms with Gasteiger partial charge in [-0.15, -0.1) is 0 Å². The van der Waals surface area contributed by atoms with Crippen molar-refractivity contribution in [3.8, 4) is 11.3 Å². The van der Waals surface area contributed by atoms with Gasteiger partial charge in [0.2, 0.25) is 0 Å². The summed E-state index contributed by atoms with van der Waals surface area (Å²) in [5, 5.41) is 6.10. The quantitative estimate of drug-likeness (QED) is 0.710. The highest BCUT2D eigenvalue weighted by molar-refractivity contribution is 6.03. The molecule has 0 spiro atoms. The summed E-state index contributed by atoms with van der Waals surface area (Å²) >= 11 is 0. The fraction of sp³-hybridized carbons (Fsp3) is 0.0833. The van der Waals surface area contributed by atoms with Crippen LogP contribution in [0.2, 0.25) is 0 Å². The van der Waals surface area contributed by atoms with Crippen LogP contribution in [0.1, 0.15) is 15.9 Å². The van der Waals surface area contributed by atoms with E-state index in [0.717, 1.165) is 5.56 Å². The molecule has 0 aliphatic heterocycles. The van der Waals surface area contributed by atoms with Gasteiger partial charge in [-0.2, -0.15) is 5.10 Å². The van der Waals surface area contributed by atoms with Gasteiger partial charge in [0, 0.05) is 5.56 Å². The summed E-state index contributed by atoms with van der Waals surface area (Å²) in [5.74, 6) is -0.775. The maximum Gasteiger partial charge on any atom is 0.288 e. The molecule has 0 fully saturated rings. The second-order valence-corrected chi connectivity index (χ2v) is 3.92. The van der Waals surface area contributed by atoms with Crippen LogP contribution in [0.15, 0.2) is 29.1 Å². The number of aryl methyl sites for hydroxylation is 1. The number of rotatable bonds is 2. The average Bonchev–Trinajstić information content (AvgIpc) is 2.32. The highest BCUT2D eigenvalue weighted by Gasteiger charge is 2.18. The zero-order valence-electron chi connectivity index (χ0n) is 9.73. The van der Waals surface area contributed by atoms with Gasteiger partial charge in [0.05, 0.1) is 5.56 Å². The third-order valence-electron chi connectivity index (χ3n) is 2.56. The number of nitrogen functional groups attached to an aromatic ring is 1. The Morgan fingerprint density at radius 3 is 2.72 bits per heavy atom. The maximum absolute atomic E-state index is 11.4. The van der Waals surface area contributed by atoms with Gasteiger partial charge in [0.1, 0.15) is 11.4 Å². The van der Waals surface area contributed by atoms with Crippen LogP contribution in [-0.2, 0) is 0 Å². The van der Waals surface area contributed by atoms with Gasteiger partial charge in [-0.1, -0.05) is 23.8 Å². The summed E-state index contributed by atoms with van der Waals surface area (Å²) in [4.78, 5) is 22.7. The molecule has 92 valence electrons. The molecule has 0 saturated carbocycles. The smallest absolute Gasteiger partial charge is 0.288 e. The highest BCUT2D eigenvalue weighted by Crippen LogP contribution is 2.23. The Bertz CT molecular complexity index is 676. The van der Waals surface area contributed by atoms with Crippen molar-refractivity contribution in [1.29, 1.82) is 0 Å². The van der Waals surface area contributed by atoms with E-state index in [1.165, 1.54) is 0 Å². The molecule has 18 heavy (non-hydrogen) atoms. The lowest BCUT2D eigenvalue weighted by Gasteiger charge is -2.08. The molecular weight excluding hydrogens is 232 g/mol. The van der Waals surface area contributed by atoms with E-state index in [4.69, 9.17) is 11.5 Å². The van der Waals surface area contributed by atoms with Crippen LogP contribution < -0.4 is 17.0 Å². The fourth-order valence-electron chi connectivity index (χ4n) is 1.71. The van der Waals surface area contributed by atoms with Gasteiger partial charge in [0.25, 0.3) is 11.5 Å². The van der Waals surface area contributed by atoms with Gasteiger partial charge >= 0.3 is 0 Å². The Morgan fingerprint density at radius 2 is 2.11 bits per heavy atom. The average molecular weight is 244 g/mol. The summed E-state index contributed by atoms with van der Waals surface area (Å²) in [6.45, 7) is 1.91. The van der Waals surface area contributed by atoms with Crippen LogP contribution in [0, 0.1) is 6.92 Å². The minimum atomic E-state index is -0.775. The first-order valence-corrected chi connectivity index (χ1v) is 5.25. The first-order chi connectivity index (χ1) is 8.50. The van der Waals surface area contributed by atoms with Crippen LogP contribution in [0.4, 0.5) is 5.69 Å². The van der Waals surface area contributed by atoms with E-state index in [2.05, 4.69) is 10.2 Å². The molecule has 6 nitrogen and oxygen atoms in total. The summed E-state index contributed by atoms with van der Waals surface area (Å²) in [7, 11) is 0. The molecular formula is C12H12N4O2. The molecule has 1 aromatic carbocycles. The lowest BCUT2D eigenvalue weighted by Crippen LogP contribution is -2.24. The Morgan fingerprint density at radius 1 is 1.39 bits per heavy atom. The predicted octanol–water partition coefficient (Wildman–Crippen LogP) is 0.426. The van der Waals surface area contributed by atoms with Gasteiger partial charge in [-0.25, -0.2) is 5.10 Å². The first-order valence-electron chi connectivity index (χ1n) is 5.25. The molecule has 0 unspecified atom stereocenters. The molecule has 5 N–H and O–H groups in total. The molecule has 1 aromatic heterocycles.